The lowest BCUT2D eigenvalue weighted by molar-refractivity contribution is -0.384. The minimum atomic E-state index is -0.652. The Labute approximate surface area is 144 Å². The maximum absolute atomic E-state index is 10.9. The van der Waals surface area contributed by atoms with Crippen LogP contribution in [0.4, 0.5) is 5.69 Å². The van der Waals surface area contributed by atoms with Gasteiger partial charge in [-0.25, -0.2) is 0 Å². The molecule has 0 fully saturated rings. The molecule has 0 saturated carbocycles. The predicted octanol–water partition coefficient (Wildman–Crippen LogP) is 5.21. The van der Waals surface area contributed by atoms with Gasteiger partial charge in [0.2, 0.25) is 0 Å². The fourth-order valence-electron chi connectivity index (χ4n) is 1.87. The van der Waals surface area contributed by atoms with E-state index in [-0.39, 0.29) is 54.8 Å². The number of benzene rings is 2. The van der Waals surface area contributed by atoms with Crippen molar-refractivity contribution in [2.45, 2.75) is 6.42 Å². The highest BCUT2D eigenvalue weighted by Gasteiger charge is 2.20. The molecule has 2 aromatic carbocycles. The van der Waals surface area contributed by atoms with Gasteiger partial charge in [0, 0.05) is 29.7 Å². The van der Waals surface area contributed by atoms with Gasteiger partial charge in [-0.05, 0) is 6.07 Å². The molecule has 0 aliphatic carbocycles. The molecule has 0 heterocycles. The third kappa shape index (κ3) is 3.17. The van der Waals surface area contributed by atoms with E-state index in [9.17, 15) is 20.3 Å². The number of nitrogens with zero attached hydrogens (tertiary/aromatic N) is 1. The Balaban J connectivity index is 2.59. The summed E-state index contributed by atoms with van der Waals surface area (Å²) in [6.45, 7) is 0. The Morgan fingerprint density at radius 3 is 2.14 bits per heavy atom. The molecule has 0 aliphatic rings. The Morgan fingerprint density at radius 2 is 1.55 bits per heavy atom. The molecule has 2 aromatic rings. The standard InChI is InChI=1S/C13H7Cl4NO4/c14-8-4-10(16)13(20)7(11(8)17)2-5-1-6(18(21)22)3-9(15)12(5)19/h1,3-4,19-20H,2H2. The molecule has 9 heteroatoms. The molecule has 0 unspecified atom stereocenters. The fraction of sp³-hybridized carbons (Fsp3) is 0.0769. The monoisotopic (exact) mass is 381 g/mol. The third-order valence-electron chi connectivity index (χ3n) is 2.95. The van der Waals surface area contributed by atoms with Crippen molar-refractivity contribution in [2.75, 3.05) is 0 Å². The zero-order valence-electron chi connectivity index (χ0n) is 10.6. The van der Waals surface area contributed by atoms with Gasteiger partial charge in [-0.1, -0.05) is 46.4 Å². The van der Waals surface area contributed by atoms with E-state index in [1.165, 1.54) is 6.07 Å². The first kappa shape index (κ1) is 17.0. The zero-order valence-corrected chi connectivity index (χ0v) is 13.6. The first-order chi connectivity index (χ1) is 10.2. The molecular weight excluding hydrogens is 376 g/mol. The minimum absolute atomic E-state index is 0.0274. The van der Waals surface area contributed by atoms with Crippen LogP contribution in [0.3, 0.4) is 0 Å². The van der Waals surface area contributed by atoms with Crippen LogP contribution >= 0.6 is 46.4 Å². The third-order valence-corrected chi connectivity index (χ3v) is 4.35. The van der Waals surface area contributed by atoms with Crippen LogP contribution in [-0.4, -0.2) is 15.1 Å². The maximum Gasteiger partial charge on any atom is 0.271 e. The first-order valence-electron chi connectivity index (χ1n) is 5.73. The van der Waals surface area contributed by atoms with Gasteiger partial charge in [0.25, 0.3) is 5.69 Å². The highest BCUT2D eigenvalue weighted by atomic mass is 35.5. The lowest BCUT2D eigenvalue weighted by Crippen LogP contribution is -1.96. The average molecular weight is 383 g/mol. The van der Waals surface area contributed by atoms with Gasteiger partial charge in [-0.3, -0.25) is 10.1 Å². The number of phenols is 2. The number of nitro benzene ring substituents is 1. The Morgan fingerprint density at radius 1 is 0.955 bits per heavy atom. The van der Waals surface area contributed by atoms with Crippen LogP contribution in [0.2, 0.25) is 20.1 Å². The number of aromatic hydroxyl groups is 2. The summed E-state index contributed by atoms with van der Waals surface area (Å²) >= 11 is 23.5. The first-order valence-corrected chi connectivity index (χ1v) is 7.24. The summed E-state index contributed by atoms with van der Waals surface area (Å²) in [7, 11) is 0. The van der Waals surface area contributed by atoms with E-state index in [0.29, 0.717) is 0 Å². The number of phenolic OH excluding ortho intramolecular Hbond substituents is 2. The molecule has 22 heavy (non-hydrogen) atoms. The molecule has 0 radical (unpaired) electrons. The van der Waals surface area contributed by atoms with Crippen LogP contribution in [0, 0.1) is 10.1 Å². The topological polar surface area (TPSA) is 83.6 Å². The van der Waals surface area contributed by atoms with Crippen molar-refractivity contribution in [3.63, 3.8) is 0 Å². The fourth-order valence-corrected chi connectivity index (χ4v) is 2.81. The van der Waals surface area contributed by atoms with E-state index in [1.54, 1.807) is 0 Å². The van der Waals surface area contributed by atoms with Crippen LogP contribution in [-0.2, 0) is 6.42 Å². The van der Waals surface area contributed by atoms with Crippen LogP contribution in [0.15, 0.2) is 18.2 Å². The van der Waals surface area contributed by atoms with Crippen molar-refractivity contribution in [2.24, 2.45) is 0 Å². The molecule has 2 rings (SSSR count). The van der Waals surface area contributed by atoms with E-state index in [2.05, 4.69) is 0 Å². The number of non-ortho nitro benzene ring substituents is 1. The van der Waals surface area contributed by atoms with Crippen LogP contribution in [0.5, 0.6) is 11.5 Å². The second kappa shape index (κ2) is 6.38. The molecule has 116 valence electrons. The predicted molar refractivity (Wildman–Crippen MR) is 85.7 cm³/mol. The van der Waals surface area contributed by atoms with Gasteiger partial charge in [-0.2, -0.15) is 0 Å². The maximum atomic E-state index is 10.9. The highest BCUT2D eigenvalue weighted by Crippen LogP contribution is 2.42. The second-order valence-electron chi connectivity index (χ2n) is 4.35. The molecule has 2 N–H and O–H groups in total. The molecule has 5 nitrogen and oxygen atoms in total. The number of hydrogen-bond donors (Lipinski definition) is 2. The molecule has 0 aliphatic heterocycles. The van der Waals surface area contributed by atoms with E-state index in [1.807, 2.05) is 0 Å². The lowest BCUT2D eigenvalue weighted by Gasteiger charge is -2.12. The van der Waals surface area contributed by atoms with Gasteiger partial charge >= 0.3 is 0 Å². The molecule has 0 aromatic heterocycles. The summed E-state index contributed by atoms with van der Waals surface area (Å²) in [5.41, 5.74) is -0.0673. The van der Waals surface area contributed by atoms with Gasteiger partial charge < -0.3 is 10.2 Å². The van der Waals surface area contributed by atoms with Crippen molar-refractivity contribution in [1.82, 2.24) is 0 Å². The number of halogens is 4. The summed E-state index contributed by atoms with van der Waals surface area (Å²) in [4.78, 5) is 10.2. The molecule has 0 spiro atoms. The van der Waals surface area contributed by atoms with E-state index >= 15 is 0 Å². The summed E-state index contributed by atoms with van der Waals surface area (Å²) in [6, 6.07) is 3.42. The van der Waals surface area contributed by atoms with Crippen LogP contribution in [0.25, 0.3) is 0 Å². The summed E-state index contributed by atoms with van der Waals surface area (Å²) in [6.07, 6.45) is -0.141. The van der Waals surface area contributed by atoms with Crippen molar-refractivity contribution in [1.29, 1.82) is 0 Å². The zero-order chi connectivity index (χ0) is 16.6. The minimum Gasteiger partial charge on any atom is -0.506 e. The molecule has 0 atom stereocenters. The molecule has 0 amide bonds. The smallest absolute Gasteiger partial charge is 0.271 e. The SMILES string of the molecule is O=[N+]([O-])c1cc(Cl)c(O)c(Cc2c(O)c(Cl)cc(Cl)c2Cl)c1. The molecule has 0 bridgehead atoms. The Bertz CT molecular complexity index is 753. The van der Waals surface area contributed by atoms with Crippen molar-refractivity contribution in [3.8, 4) is 11.5 Å². The van der Waals surface area contributed by atoms with E-state index in [0.717, 1.165) is 12.1 Å². The average Bonchev–Trinajstić information content (AvgIpc) is 2.45. The highest BCUT2D eigenvalue weighted by molar-refractivity contribution is 6.44. The van der Waals surface area contributed by atoms with Gasteiger partial charge in [0.15, 0.2) is 0 Å². The lowest BCUT2D eigenvalue weighted by atomic mass is 10.0. The van der Waals surface area contributed by atoms with E-state index in [4.69, 9.17) is 46.4 Å². The summed E-state index contributed by atoms with van der Waals surface area (Å²) in [5, 5.41) is 30.7. The van der Waals surface area contributed by atoms with Gasteiger partial charge in [-0.15, -0.1) is 0 Å². The van der Waals surface area contributed by atoms with Crippen LogP contribution < -0.4 is 0 Å². The molecule has 0 saturated heterocycles. The second-order valence-corrected chi connectivity index (χ2v) is 5.95. The number of rotatable bonds is 3. The van der Waals surface area contributed by atoms with Crippen molar-refractivity contribution >= 4 is 52.1 Å². The number of nitro groups is 1. The molecular formula is C13H7Cl4NO4. The normalized spacial score (nSPS) is 10.7. The van der Waals surface area contributed by atoms with Crippen molar-refractivity contribution < 1.29 is 15.1 Å². The quantitative estimate of drug-likeness (QED) is 0.433. The Kier molecular flexibility index (Phi) is 4.92. The summed E-state index contributed by atoms with van der Waals surface area (Å²) < 4.78 is 0. The Hall–Kier alpha value is -1.40. The van der Waals surface area contributed by atoms with E-state index < -0.39 is 4.92 Å². The number of hydrogen-bond acceptors (Lipinski definition) is 4. The van der Waals surface area contributed by atoms with Crippen molar-refractivity contribution in [3.05, 3.63) is 59.5 Å². The summed E-state index contributed by atoms with van der Waals surface area (Å²) in [5.74, 6) is -0.670. The van der Waals surface area contributed by atoms with Gasteiger partial charge in [0.1, 0.15) is 11.5 Å². The van der Waals surface area contributed by atoms with Gasteiger partial charge in [0.05, 0.1) is 25.0 Å². The van der Waals surface area contributed by atoms with Crippen LogP contribution in [0.1, 0.15) is 11.1 Å². The largest absolute Gasteiger partial charge is 0.506 e.